The van der Waals surface area contributed by atoms with E-state index in [1.165, 1.54) is 5.56 Å². The Bertz CT molecular complexity index is 367. The van der Waals surface area contributed by atoms with Gasteiger partial charge in [-0.15, -0.1) is 0 Å². The largest absolute Gasteiger partial charge is 1.00 e. The Kier molecular flexibility index (Phi) is 11.4. The normalized spacial score (nSPS) is 10.7. The van der Waals surface area contributed by atoms with Gasteiger partial charge in [0.2, 0.25) is 0 Å². The summed E-state index contributed by atoms with van der Waals surface area (Å²) in [7, 11) is 8.73. The first kappa shape index (κ1) is 22.0. The smallest absolute Gasteiger partial charge is 0.137 e. The van der Waals surface area contributed by atoms with Gasteiger partial charge in [-0.3, -0.25) is 0 Å². The molecule has 0 aliphatic rings. The molecule has 118 valence electrons. The molecule has 0 spiro atoms. The topological polar surface area (TPSA) is 12.5 Å². The van der Waals surface area contributed by atoms with Crippen LogP contribution >= 0.6 is 0 Å². The molecular formula is C16H31IN2O. The second-order valence-electron chi connectivity index (χ2n) is 5.85. The zero-order valence-corrected chi connectivity index (χ0v) is 15.0. The fourth-order valence-corrected chi connectivity index (χ4v) is 1.70. The third kappa shape index (κ3) is 9.55. The van der Waals surface area contributed by atoms with E-state index in [0.717, 1.165) is 36.5 Å². The summed E-state index contributed by atoms with van der Waals surface area (Å²) in [5.41, 5.74) is 1.24. The van der Waals surface area contributed by atoms with Crippen molar-refractivity contribution >= 4 is 0 Å². The summed E-state index contributed by atoms with van der Waals surface area (Å²) in [4.78, 5) is 2.22. The molecule has 3 nitrogen and oxygen atoms in total. The number of hydrogen-bond donors (Lipinski definition) is 0. The first-order valence-electron chi connectivity index (χ1n) is 6.55. The van der Waals surface area contributed by atoms with Gasteiger partial charge in [0.05, 0.1) is 20.6 Å². The Hall–Kier alpha value is -0.330. The number of halogens is 1. The molecule has 0 atom stereocenters. The molecule has 0 aromatic heterocycles. The van der Waals surface area contributed by atoms with Gasteiger partial charge in [0.1, 0.15) is 18.9 Å². The molecule has 0 saturated carbocycles. The highest BCUT2D eigenvalue weighted by atomic mass is 127. The Morgan fingerprint density at radius 3 is 2.35 bits per heavy atom. The van der Waals surface area contributed by atoms with Crippen LogP contribution in [0.25, 0.3) is 0 Å². The van der Waals surface area contributed by atoms with E-state index in [0.29, 0.717) is 0 Å². The van der Waals surface area contributed by atoms with Crippen LogP contribution in [0.3, 0.4) is 0 Å². The van der Waals surface area contributed by atoms with Crippen molar-refractivity contribution in [2.75, 3.05) is 54.4 Å². The third-order valence-corrected chi connectivity index (χ3v) is 3.11. The number of likely N-dealkylation sites (N-methyl/N-ethyl adjacent to an activating group) is 2. The maximum atomic E-state index is 5.80. The lowest BCUT2D eigenvalue weighted by Crippen LogP contribution is -3.00. The molecule has 0 amide bonds. The van der Waals surface area contributed by atoms with E-state index in [1.807, 2.05) is 12.1 Å². The molecule has 0 N–H and O–H groups in total. The SMILES string of the molecule is C.Cc1cccc(OCC[N+](C)(C)CCN(C)C)c1.[I-]. The van der Waals surface area contributed by atoms with E-state index in [4.69, 9.17) is 4.74 Å². The lowest BCUT2D eigenvalue weighted by Gasteiger charge is -2.30. The van der Waals surface area contributed by atoms with E-state index >= 15 is 0 Å². The van der Waals surface area contributed by atoms with E-state index in [-0.39, 0.29) is 31.4 Å². The molecule has 0 aliphatic carbocycles. The van der Waals surface area contributed by atoms with Gasteiger partial charge in [-0.1, -0.05) is 19.6 Å². The summed E-state index contributed by atoms with van der Waals surface area (Å²) in [5.74, 6) is 0.975. The fraction of sp³-hybridized carbons (Fsp3) is 0.625. The zero-order valence-electron chi connectivity index (χ0n) is 12.8. The third-order valence-electron chi connectivity index (χ3n) is 3.11. The first-order valence-corrected chi connectivity index (χ1v) is 6.55. The van der Waals surface area contributed by atoms with Crippen LogP contribution in [0.5, 0.6) is 5.75 Å². The van der Waals surface area contributed by atoms with Crippen molar-refractivity contribution < 1.29 is 33.2 Å². The maximum Gasteiger partial charge on any atom is 0.137 e. The number of nitrogens with zero attached hydrogens (tertiary/aromatic N) is 2. The number of benzene rings is 1. The molecule has 1 rings (SSSR count). The fourth-order valence-electron chi connectivity index (χ4n) is 1.70. The van der Waals surface area contributed by atoms with Crippen LogP contribution in [0.4, 0.5) is 0 Å². The molecule has 0 unspecified atom stereocenters. The molecule has 0 heterocycles. The van der Waals surface area contributed by atoms with Crippen LogP contribution < -0.4 is 28.7 Å². The number of aryl methyl sites for hydroxylation is 1. The van der Waals surface area contributed by atoms with Gasteiger partial charge in [-0.25, -0.2) is 0 Å². The maximum absolute atomic E-state index is 5.80. The van der Waals surface area contributed by atoms with Crippen molar-refractivity contribution in [2.45, 2.75) is 14.4 Å². The minimum absolute atomic E-state index is 0. The summed E-state index contributed by atoms with van der Waals surface area (Å²) in [6.45, 7) is 6.14. The average Bonchev–Trinajstić information content (AvgIpc) is 2.26. The molecule has 1 aromatic rings. The van der Waals surface area contributed by atoms with Crippen molar-refractivity contribution in [3.63, 3.8) is 0 Å². The van der Waals surface area contributed by atoms with Gasteiger partial charge in [-0.2, -0.15) is 0 Å². The van der Waals surface area contributed by atoms with Crippen LogP contribution in [0.2, 0.25) is 0 Å². The zero-order chi connectivity index (χ0) is 13.6. The molecule has 4 heteroatoms. The summed E-state index contributed by atoms with van der Waals surface area (Å²) < 4.78 is 6.79. The number of rotatable bonds is 7. The predicted octanol–water partition coefficient (Wildman–Crippen LogP) is -0.348. The molecule has 0 aliphatic heterocycles. The minimum Gasteiger partial charge on any atom is -1.00 e. The monoisotopic (exact) mass is 394 g/mol. The Balaban J connectivity index is 0. The van der Waals surface area contributed by atoms with Crippen molar-refractivity contribution in [3.8, 4) is 5.75 Å². The molecule has 0 bridgehead atoms. The van der Waals surface area contributed by atoms with Crippen molar-refractivity contribution in [1.82, 2.24) is 4.90 Å². The second kappa shape index (κ2) is 10.4. The lowest BCUT2D eigenvalue weighted by atomic mass is 10.2. The molecule has 0 saturated heterocycles. The highest BCUT2D eigenvalue weighted by molar-refractivity contribution is 5.27. The Morgan fingerprint density at radius 1 is 1.15 bits per heavy atom. The second-order valence-corrected chi connectivity index (χ2v) is 5.85. The number of quaternary nitrogens is 1. The van der Waals surface area contributed by atoms with E-state index in [9.17, 15) is 0 Å². The van der Waals surface area contributed by atoms with E-state index < -0.39 is 0 Å². The Morgan fingerprint density at radius 2 is 1.80 bits per heavy atom. The summed E-state index contributed by atoms with van der Waals surface area (Å²) in [6.07, 6.45) is 0. The van der Waals surface area contributed by atoms with Crippen molar-refractivity contribution in [2.24, 2.45) is 0 Å². The van der Waals surface area contributed by atoms with Crippen molar-refractivity contribution in [3.05, 3.63) is 29.8 Å². The Labute approximate surface area is 142 Å². The quantitative estimate of drug-likeness (QED) is 0.463. The van der Waals surface area contributed by atoms with Gasteiger partial charge in [-0.05, 0) is 38.7 Å². The van der Waals surface area contributed by atoms with Crippen LogP contribution in [0.1, 0.15) is 13.0 Å². The molecule has 1 aromatic carbocycles. The minimum atomic E-state index is 0. The molecule has 0 radical (unpaired) electrons. The van der Waals surface area contributed by atoms with Gasteiger partial charge < -0.3 is 38.1 Å². The predicted molar refractivity (Wildman–Crippen MR) is 83.8 cm³/mol. The number of hydrogen-bond acceptors (Lipinski definition) is 2. The van der Waals surface area contributed by atoms with Crippen LogP contribution in [0.15, 0.2) is 24.3 Å². The highest BCUT2D eigenvalue weighted by Crippen LogP contribution is 2.12. The average molecular weight is 394 g/mol. The number of ether oxygens (including phenoxy) is 1. The van der Waals surface area contributed by atoms with Crippen LogP contribution in [-0.2, 0) is 0 Å². The summed E-state index contributed by atoms with van der Waals surface area (Å²) in [6, 6.07) is 8.23. The molecule has 0 fully saturated rings. The highest BCUT2D eigenvalue weighted by Gasteiger charge is 2.14. The molecule has 20 heavy (non-hydrogen) atoms. The summed E-state index contributed by atoms with van der Waals surface area (Å²) in [5, 5.41) is 0. The van der Waals surface area contributed by atoms with E-state index in [1.54, 1.807) is 0 Å². The molecular weight excluding hydrogens is 363 g/mol. The van der Waals surface area contributed by atoms with Crippen molar-refractivity contribution in [1.29, 1.82) is 0 Å². The van der Waals surface area contributed by atoms with Crippen LogP contribution in [-0.4, -0.2) is 63.8 Å². The lowest BCUT2D eigenvalue weighted by molar-refractivity contribution is -0.889. The first-order chi connectivity index (χ1) is 8.39. The van der Waals surface area contributed by atoms with Crippen LogP contribution in [0, 0.1) is 6.92 Å². The van der Waals surface area contributed by atoms with Gasteiger partial charge in [0.25, 0.3) is 0 Å². The van der Waals surface area contributed by atoms with Gasteiger partial charge in [0, 0.05) is 6.54 Å². The van der Waals surface area contributed by atoms with Gasteiger partial charge in [0.15, 0.2) is 0 Å². The van der Waals surface area contributed by atoms with E-state index in [2.05, 4.69) is 52.1 Å². The standard InChI is InChI=1S/C15H27N2O.CH4.HI/c1-14-7-6-8-15(13-14)18-12-11-17(4,5)10-9-16(2)3;;/h6-8,13H,9-12H2,1-5H3;1H4;1H/q+1;;/p-1. The summed E-state index contributed by atoms with van der Waals surface area (Å²) >= 11 is 0. The van der Waals surface area contributed by atoms with Gasteiger partial charge >= 0.3 is 0 Å².